The van der Waals surface area contributed by atoms with E-state index in [1.807, 2.05) is 60.7 Å². The highest BCUT2D eigenvalue weighted by Crippen LogP contribution is 2.06. The molecule has 4 heteroatoms. The van der Waals surface area contributed by atoms with Gasteiger partial charge in [0.15, 0.2) is 0 Å². The summed E-state index contributed by atoms with van der Waals surface area (Å²) in [6, 6.07) is 19.5. The van der Waals surface area contributed by atoms with Gasteiger partial charge in [0.05, 0.1) is 13.0 Å². The summed E-state index contributed by atoms with van der Waals surface area (Å²) >= 11 is 0. The summed E-state index contributed by atoms with van der Waals surface area (Å²) in [6.45, 7) is 2.57. The monoisotopic (exact) mass is 325 g/mol. The summed E-state index contributed by atoms with van der Waals surface area (Å²) in [5.41, 5.74) is 2.08. The van der Waals surface area contributed by atoms with Crippen molar-refractivity contribution in [2.75, 3.05) is 19.7 Å². The summed E-state index contributed by atoms with van der Waals surface area (Å²) < 4.78 is 4.99. The molecule has 0 spiro atoms. The minimum atomic E-state index is -0.369. The number of hydrogen-bond donors (Lipinski definition) is 0. The third kappa shape index (κ3) is 5.88. The predicted molar refractivity (Wildman–Crippen MR) is 93.5 cm³/mol. The van der Waals surface area contributed by atoms with E-state index < -0.39 is 0 Å². The normalized spacial score (nSPS) is 10.2. The summed E-state index contributed by atoms with van der Waals surface area (Å²) in [5.74, 6) is -0.433. The molecule has 0 aliphatic heterocycles. The first-order chi connectivity index (χ1) is 11.7. The molecule has 126 valence electrons. The number of nitrogens with zero attached hydrogens (tertiary/aromatic N) is 1. The maximum absolute atomic E-state index is 12.6. The predicted octanol–water partition coefficient (Wildman–Crippen LogP) is 2.86. The molecule has 2 aromatic rings. The quantitative estimate of drug-likeness (QED) is 0.701. The fourth-order valence-electron chi connectivity index (χ4n) is 2.45. The van der Waals surface area contributed by atoms with Gasteiger partial charge in [0.1, 0.15) is 6.54 Å². The van der Waals surface area contributed by atoms with E-state index in [1.54, 1.807) is 11.8 Å². The van der Waals surface area contributed by atoms with Crippen LogP contribution in [-0.4, -0.2) is 36.5 Å². The zero-order valence-corrected chi connectivity index (χ0v) is 14.0. The van der Waals surface area contributed by atoms with Crippen molar-refractivity contribution in [2.45, 2.75) is 19.8 Å². The highest BCUT2D eigenvalue weighted by Gasteiger charge is 2.18. The largest absolute Gasteiger partial charge is 0.465 e. The lowest BCUT2D eigenvalue weighted by molar-refractivity contribution is -0.148. The van der Waals surface area contributed by atoms with E-state index in [4.69, 9.17) is 4.74 Å². The average Bonchev–Trinajstić information content (AvgIpc) is 2.60. The molecule has 4 nitrogen and oxygen atoms in total. The first-order valence-corrected chi connectivity index (χ1v) is 8.20. The highest BCUT2D eigenvalue weighted by molar-refractivity contribution is 5.83. The minimum absolute atomic E-state index is 0.00760. The van der Waals surface area contributed by atoms with Gasteiger partial charge in [-0.15, -0.1) is 0 Å². The first kappa shape index (κ1) is 17.7. The van der Waals surface area contributed by atoms with Gasteiger partial charge in [-0.25, -0.2) is 0 Å². The molecular formula is C20H23NO3. The third-order valence-corrected chi connectivity index (χ3v) is 3.69. The third-order valence-electron chi connectivity index (χ3n) is 3.69. The van der Waals surface area contributed by atoms with Gasteiger partial charge in [0, 0.05) is 6.54 Å². The van der Waals surface area contributed by atoms with Crippen molar-refractivity contribution in [3.8, 4) is 0 Å². The Morgan fingerprint density at radius 3 is 2.08 bits per heavy atom. The Hall–Kier alpha value is -2.62. The molecular weight excluding hydrogens is 302 g/mol. The molecule has 0 radical (unpaired) electrons. The number of esters is 1. The second-order valence-corrected chi connectivity index (χ2v) is 5.52. The van der Waals surface area contributed by atoms with Gasteiger partial charge in [-0.1, -0.05) is 60.7 Å². The minimum Gasteiger partial charge on any atom is -0.465 e. The van der Waals surface area contributed by atoms with Gasteiger partial charge < -0.3 is 9.64 Å². The van der Waals surface area contributed by atoms with Crippen LogP contribution in [0.4, 0.5) is 0 Å². The fraction of sp³-hybridized carbons (Fsp3) is 0.300. The molecule has 0 atom stereocenters. The molecule has 0 aromatic heterocycles. The van der Waals surface area contributed by atoms with E-state index in [-0.39, 0.29) is 24.8 Å². The number of hydrogen-bond acceptors (Lipinski definition) is 3. The number of amides is 1. The molecule has 2 rings (SSSR count). The van der Waals surface area contributed by atoms with Gasteiger partial charge in [-0.3, -0.25) is 9.59 Å². The van der Waals surface area contributed by atoms with Crippen molar-refractivity contribution in [3.05, 3.63) is 71.8 Å². The number of benzene rings is 2. The molecule has 1 amide bonds. The molecule has 0 saturated heterocycles. The van der Waals surface area contributed by atoms with E-state index in [0.29, 0.717) is 19.6 Å². The molecule has 0 bridgehead atoms. The highest BCUT2D eigenvalue weighted by atomic mass is 16.5. The number of rotatable bonds is 8. The van der Waals surface area contributed by atoms with Crippen LogP contribution in [0.15, 0.2) is 60.7 Å². The molecule has 0 fully saturated rings. The summed E-state index contributed by atoms with van der Waals surface area (Å²) in [5, 5.41) is 0. The molecule has 0 N–H and O–H groups in total. The summed E-state index contributed by atoms with van der Waals surface area (Å²) in [4.78, 5) is 26.0. The zero-order valence-electron chi connectivity index (χ0n) is 14.0. The van der Waals surface area contributed by atoms with Crippen molar-refractivity contribution in [2.24, 2.45) is 0 Å². The lowest BCUT2D eigenvalue weighted by Crippen LogP contribution is -2.38. The SMILES string of the molecule is CCOC(=O)CN(CCc1ccccc1)C(=O)Cc1ccccc1. The fourth-order valence-corrected chi connectivity index (χ4v) is 2.45. The van der Waals surface area contributed by atoms with Crippen LogP contribution in [0, 0.1) is 0 Å². The van der Waals surface area contributed by atoms with E-state index in [1.165, 1.54) is 0 Å². The Morgan fingerprint density at radius 1 is 0.917 bits per heavy atom. The molecule has 0 saturated carbocycles. The van der Waals surface area contributed by atoms with Gasteiger partial charge in [-0.05, 0) is 24.5 Å². The van der Waals surface area contributed by atoms with E-state index >= 15 is 0 Å². The second kappa shape index (κ2) is 9.50. The van der Waals surface area contributed by atoms with Crippen molar-refractivity contribution in [3.63, 3.8) is 0 Å². The second-order valence-electron chi connectivity index (χ2n) is 5.52. The Labute approximate surface area is 143 Å². The van der Waals surface area contributed by atoms with Gasteiger partial charge >= 0.3 is 5.97 Å². The lowest BCUT2D eigenvalue weighted by atomic mass is 10.1. The van der Waals surface area contributed by atoms with Crippen LogP contribution in [-0.2, 0) is 27.2 Å². The van der Waals surface area contributed by atoms with Crippen molar-refractivity contribution in [1.29, 1.82) is 0 Å². The van der Waals surface area contributed by atoms with E-state index in [9.17, 15) is 9.59 Å². The summed E-state index contributed by atoms with van der Waals surface area (Å²) in [7, 11) is 0. The van der Waals surface area contributed by atoms with Gasteiger partial charge in [0.25, 0.3) is 0 Å². The van der Waals surface area contributed by atoms with Crippen molar-refractivity contribution >= 4 is 11.9 Å². The molecule has 0 heterocycles. The van der Waals surface area contributed by atoms with Gasteiger partial charge in [-0.2, -0.15) is 0 Å². The van der Waals surface area contributed by atoms with Crippen LogP contribution in [0.3, 0.4) is 0 Å². The van der Waals surface area contributed by atoms with Crippen LogP contribution in [0.5, 0.6) is 0 Å². The Morgan fingerprint density at radius 2 is 1.50 bits per heavy atom. The van der Waals surface area contributed by atoms with Crippen LogP contribution in [0.25, 0.3) is 0 Å². The Balaban J connectivity index is 2.00. The van der Waals surface area contributed by atoms with Crippen LogP contribution >= 0.6 is 0 Å². The lowest BCUT2D eigenvalue weighted by Gasteiger charge is -2.22. The first-order valence-electron chi connectivity index (χ1n) is 8.20. The zero-order chi connectivity index (χ0) is 17.2. The van der Waals surface area contributed by atoms with E-state index in [0.717, 1.165) is 11.1 Å². The number of carbonyl (C=O) groups is 2. The van der Waals surface area contributed by atoms with Gasteiger partial charge in [0.2, 0.25) is 5.91 Å². The van der Waals surface area contributed by atoms with Crippen LogP contribution in [0.1, 0.15) is 18.1 Å². The maximum atomic E-state index is 12.6. The smallest absolute Gasteiger partial charge is 0.325 e. The molecule has 2 aromatic carbocycles. The molecule has 0 unspecified atom stereocenters. The maximum Gasteiger partial charge on any atom is 0.325 e. The summed E-state index contributed by atoms with van der Waals surface area (Å²) in [6.07, 6.45) is 0.996. The number of ether oxygens (including phenoxy) is 1. The molecule has 24 heavy (non-hydrogen) atoms. The average molecular weight is 325 g/mol. The molecule has 0 aliphatic rings. The Bertz CT molecular complexity index is 640. The van der Waals surface area contributed by atoms with Crippen molar-refractivity contribution in [1.82, 2.24) is 4.90 Å². The van der Waals surface area contributed by atoms with E-state index in [2.05, 4.69) is 0 Å². The van der Waals surface area contributed by atoms with Crippen LogP contribution < -0.4 is 0 Å². The number of carbonyl (C=O) groups excluding carboxylic acids is 2. The van der Waals surface area contributed by atoms with Crippen LogP contribution in [0.2, 0.25) is 0 Å². The molecule has 0 aliphatic carbocycles. The van der Waals surface area contributed by atoms with Crippen molar-refractivity contribution < 1.29 is 14.3 Å². The standard InChI is InChI=1S/C20H23NO3/c1-2-24-20(23)16-21(14-13-17-9-5-3-6-10-17)19(22)15-18-11-7-4-8-12-18/h3-12H,2,13-16H2,1H3. The Kier molecular flexibility index (Phi) is 7.02. The topological polar surface area (TPSA) is 46.6 Å².